The van der Waals surface area contributed by atoms with Gasteiger partial charge in [-0.25, -0.2) is 0 Å². The standard InChI is InChI=1S/C23H25N3O4/c1-28-19-5-2-6-20(14-19)29-17-21-7-8-22(30-21)23(27)26-12-10-25(11-13-26)16-18-4-3-9-24-15-18/h2-9,14-15H,10-13,16-17H2,1H3. The maximum absolute atomic E-state index is 12.8. The SMILES string of the molecule is COc1cccc(OCc2ccc(C(=O)N3CCN(Cc4cccnc4)CC3)o2)c1. The maximum Gasteiger partial charge on any atom is 0.289 e. The molecule has 1 aliphatic heterocycles. The van der Waals surface area contributed by atoms with Gasteiger partial charge in [0.05, 0.1) is 7.11 Å². The van der Waals surface area contributed by atoms with E-state index in [0.29, 0.717) is 30.4 Å². The summed E-state index contributed by atoms with van der Waals surface area (Å²) in [6.45, 7) is 4.10. The van der Waals surface area contributed by atoms with Crippen LogP contribution in [-0.2, 0) is 13.2 Å². The van der Waals surface area contributed by atoms with Crippen LogP contribution in [0.4, 0.5) is 0 Å². The topological polar surface area (TPSA) is 68.0 Å². The second-order valence-electron chi connectivity index (χ2n) is 7.16. The number of amides is 1. The van der Waals surface area contributed by atoms with Crippen LogP contribution in [0.1, 0.15) is 21.9 Å². The molecule has 7 heteroatoms. The summed E-state index contributed by atoms with van der Waals surface area (Å²) in [6.07, 6.45) is 3.66. The molecule has 3 heterocycles. The Labute approximate surface area is 175 Å². The van der Waals surface area contributed by atoms with E-state index < -0.39 is 0 Å². The summed E-state index contributed by atoms with van der Waals surface area (Å²) >= 11 is 0. The highest BCUT2D eigenvalue weighted by Gasteiger charge is 2.24. The number of piperazine rings is 1. The Morgan fingerprint density at radius 1 is 1.07 bits per heavy atom. The molecule has 0 atom stereocenters. The average molecular weight is 407 g/mol. The van der Waals surface area contributed by atoms with Gasteiger partial charge in [0, 0.05) is 51.2 Å². The van der Waals surface area contributed by atoms with Crippen molar-refractivity contribution in [2.45, 2.75) is 13.2 Å². The van der Waals surface area contributed by atoms with Crippen molar-refractivity contribution in [3.8, 4) is 11.5 Å². The molecule has 0 aliphatic carbocycles. The number of pyridine rings is 1. The molecule has 1 fully saturated rings. The van der Waals surface area contributed by atoms with Gasteiger partial charge in [-0.1, -0.05) is 12.1 Å². The lowest BCUT2D eigenvalue weighted by Gasteiger charge is -2.34. The van der Waals surface area contributed by atoms with Crippen LogP contribution in [0.3, 0.4) is 0 Å². The van der Waals surface area contributed by atoms with E-state index in [9.17, 15) is 4.79 Å². The van der Waals surface area contributed by atoms with Crippen LogP contribution < -0.4 is 9.47 Å². The molecule has 0 spiro atoms. The zero-order valence-electron chi connectivity index (χ0n) is 17.0. The summed E-state index contributed by atoms with van der Waals surface area (Å²) < 4.78 is 16.7. The van der Waals surface area contributed by atoms with E-state index in [0.717, 1.165) is 25.4 Å². The van der Waals surface area contributed by atoms with Crippen molar-refractivity contribution in [2.24, 2.45) is 0 Å². The van der Waals surface area contributed by atoms with Gasteiger partial charge in [-0.05, 0) is 35.9 Å². The molecule has 0 bridgehead atoms. The van der Waals surface area contributed by atoms with Gasteiger partial charge in [-0.15, -0.1) is 0 Å². The first-order chi connectivity index (χ1) is 14.7. The highest BCUT2D eigenvalue weighted by atomic mass is 16.5. The summed E-state index contributed by atoms with van der Waals surface area (Å²) in [4.78, 5) is 21.1. The molecule has 1 aliphatic rings. The highest BCUT2D eigenvalue weighted by molar-refractivity contribution is 5.91. The maximum atomic E-state index is 12.8. The Hall–Kier alpha value is -3.32. The average Bonchev–Trinajstić information content (AvgIpc) is 3.28. The zero-order chi connectivity index (χ0) is 20.8. The monoisotopic (exact) mass is 407 g/mol. The number of benzene rings is 1. The van der Waals surface area contributed by atoms with Crippen molar-refractivity contribution >= 4 is 5.91 Å². The second-order valence-corrected chi connectivity index (χ2v) is 7.16. The van der Waals surface area contributed by atoms with Gasteiger partial charge in [-0.2, -0.15) is 0 Å². The number of carbonyl (C=O) groups is 1. The minimum atomic E-state index is -0.0799. The van der Waals surface area contributed by atoms with Crippen molar-refractivity contribution in [2.75, 3.05) is 33.3 Å². The molecule has 0 radical (unpaired) electrons. The lowest BCUT2D eigenvalue weighted by Crippen LogP contribution is -2.48. The lowest BCUT2D eigenvalue weighted by atomic mass is 10.2. The van der Waals surface area contributed by atoms with E-state index >= 15 is 0 Å². The fourth-order valence-corrected chi connectivity index (χ4v) is 3.43. The minimum Gasteiger partial charge on any atom is -0.497 e. The van der Waals surface area contributed by atoms with Gasteiger partial charge >= 0.3 is 0 Å². The summed E-state index contributed by atoms with van der Waals surface area (Å²) in [5.74, 6) is 2.29. The highest BCUT2D eigenvalue weighted by Crippen LogP contribution is 2.21. The molecule has 1 saturated heterocycles. The molecule has 156 valence electrons. The van der Waals surface area contributed by atoms with Crippen molar-refractivity contribution in [1.29, 1.82) is 0 Å². The number of ether oxygens (including phenoxy) is 2. The summed E-state index contributed by atoms with van der Waals surface area (Å²) in [5.41, 5.74) is 1.18. The third-order valence-electron chi connectivity index (χ3n) is 5.08. The van der Waals surface area contributed by atoms with Gasteiger partial charge in [-0.3, -0.25) is 14.7 Å². The Morgan fingerprint density at radius 2 is 1.90 bits per heavy atom. The quantitative estimate of drug-likeness (QED) is 0.599. The largest absolute Gasteiger partial charge is 0.497 e. The van der Waals surface area contributed by atoms with Gasteiger partial charge in [0.15, 0.2) is 5.76 Å². The normalized spacial score (nSPS) is 14.5. The van der Waals surface area contributed by atoms with Crippen LogP contribution in [0.15, 0.2) is 65.3 Å². The number of nitrogens with zero attached hydrogens (tertiary/aromatic N) is 3. The number of hydrogen-bond donors (Lipinski definition) is 0. The summed E-state index contributed by atoms with van der Waals surface area (Å²) in [5, 5.41) is 0. The molecule has 30 heavy (non-hydrogen) atoms. The molecule has 7 nitrogen and oxygen atoms in total. The summed E-state index contributed by atoms with van der Waals surface area (Å²) in [6, 6.07) is 14.9. The van der Waals surface area contributed by atoms with Gasteiger partial charge in [0.2, 0.25) is 0 Å². The van der Waals surface area contributed by atoms with E-state index in [1.807, 2.05) is 35.4 Å². The smallest absolute Gasteiger partial charge is 0.289 e. The Kier molecular flexibility index (Phi) is 6.29. The number of hydrogen-bond acceptors (Lipinski definition) is 6. The van der Waals surface area contributed by atoms with E-state index in [4.69, 9.17) is 13.9 Å². The molecule has 0 saturated carbocycles. The fraction of sp³-hybridized carbons (Fsp3) is 0.304. The molecular formula is C23H25N3O4. The van der Waals surface area contributed by atoms with Crippen LogP contribution in [0.2, 0.25) is 0 Å². The van der Waals surface area contributed by atoms with Gasteiger partial charge in [0.25, 0.3) is 5.91 Å². The number of furan rings is 1. The van der Waals surface area contributed by atoms with Crippen molar-refractivity contribution in [3.63, 3.8) is 0 Å². The van der Waals surface area contributed by atoms with E-state index in [1.54, 1.807) is 31.5 Å². The third-order valence-corrected chi connectivity index (χ3v) is 5.08. The Morgan fingerprint density at radius 3 is 2.67 bits per heavy atom. The molecule has 4 rings (SSSR count). The molecule has 0 unspecified atom stereocenters. The first-order valence-corrected chi connectivity index (χ1v) is 9.97. The van der Waals surface area contributed by atoms with Crippen LogP contribution >= 0.6 is 0 Å². The predicted octanol–water partition coefficient (Wildman–Crippen LogP) is 3.22. The molecule has 1 amide bonds. The van der Waals surface area contributed by atoms with Crippen LogP contribution in [0.5, 0.6) is 11.5 Å². The van der Waals surface area contributed by atoms with Gasteiger partial charge in [0.1, 0.15) is 23.9 Å². The fourth-order valence-electron chi connectivity index (χ4n) is 3.43. The van der Waals surface area contributed by atoms with Crippen LogP contribution in [-0.4, -0.2) is 54.0 Å². The van der Waals surface area contributed by atoms with Crippen molar-refractivity contribution in [1.82, 2.24) is 14.8 Å². The zero-order valence-corrected chi connectivity index (χ0v) is 17.0. The molecular weight excluding hydrogens is 382 g/mol. The predicted molar refractivity (Wildman–Crippen MR) is 111 cm³/mol. The molecule has 2 aromatic heterocycles. The number of methoxy groups -OCH3 is 1. The summed E-state index contributed by atoms with van der Waals surface area (Å²) in [7, 11) is 1.61. The number of aromatic nitrogens is 1. The Balaban J connectivity index is 1.28. The Bertz CT molecular complexity index is 965. The van der Waals surface area contributed by atoms with Crippen molar-refractivity contribution in [3.05, 3.63) is 78.0 Å². The molecule has 0 N–H and O–H groups in total. The van der Waals surface area contributed by atoms with E-state index in [-0.39, 0.29) is 12.5 Å². The third kappa shape index (κ3) is 4.99. The lowest BCUT2D eigenvalue weighted by molar-refractivity contribution is 0.0594. The van der Waals surface area contributed by atoms with Gasteiger partial charge < -0.3 is 18.8 Å². The van der Waals surface area contributed by atoms with Crippen LogP contribution in [0, 0.1) is 0 Å². The first kappa shape index (κ1) is 20.0. The molecule has 3 aromatic rings. The number of rotatable bonds is 7. The molecule has 1 aromatic carbocycles. The van der Waals surface area contributed by atoms with E-state index in [2.05, 4.69) is 16.0 Å². The van der Waals surface area contributed by atoms with E-state index in [1.165, 1.54) is 5.56 Å². The van der Waals surface area contributed by atoms with Crippen LogP contribution in [0.25, 0.3) is 0 Å². The minimum absolute atomic E-state index is 0.0799. The second kappa shape index (κ2) is 9.45. The van der Waals surface area contributed by atoms with Crippen molar-refractivity contribution < 1.29 is 18.7 Å². The first-order valence-electron chi connectivity index (χ1n) is 9.97. The number of carbonyl (C=O) groups excluding carboxylic acids is 1.